The molecule has 0 spiro atoms. The molecule has 31 heavy (non-hydrogen) atoms. The third kappa shape index (κ3) is 5.86. The predicted molar refractivity (Wildman–Crippen MR) is 115 cm³/mol. The molecule has 3 rings (SSSR count). The first-order valence-electron chi connectivity index (χ1n) is 9.48. The Balaban J connectivity index is 1.60. The molecule has 0 saturated carbocycles. The van der Waals surface area contributed by atoms with Crippen molar-refractivity contribution in [2.24, 2.45) is 0 Å². The maximum Gasteiger partial charge on any atom is 0.343 e. The highest BCUT2D eigenvalue weighted by Crippen LogP contribution is 2.18. The third-order valence-corrected chi connectivity index (χ3v) is 4.28. The lowest BCUT2D eigenvalue weighted by molar-refractivity contribution is -0.384. The van der Waals surface area contributed by atoms with E-state index in [2.05, 4.69) is 0 Å². The highest BCUT2D eigenvalue weighted by atomic mass is 16.6. The Bertz CT molecular complexity index is 1100. The molecular weight excluding hydrogens is 398 g/mol. The fraction of sp³-hybridized carbons (Fsp3) is 0.0833. The summed E-state index contributed by atoms with van der Waals surface area (Å²) in [5.74, 6) is 0.224. The summed E-state index contributed by atoms with van der Waals surface area (Å²) < 4.78 is 10.7. The van der Waals surface area contributed by atoms with Gasteiger partial charge in [-0.25, -0.2) is 4.79 Å². The van der Waals surface area contributed by atoms with Crippen molar-refractivity contribution < 1.29 is 24.0 Å². The van der Waals surface area contributed by atoms with Crippen molar-refractivity contribution in [2.75, 3.05) is 6.61 Å². The van der Waals surface area contributed by atoms with Crippen LogP contribution in [-0.4, -0.2) is 23.3 Å². The molecule has 7 heteroatoms. The number of carbonyl (C=O) groups is 2. The van der Waals surface area contributed by atoms with Gasteiger partial charge in [-0.05, 0) is 79.2 Å². The van der Waals surface area contributed by atoms with E-state index in [1.165, 1.54) is 18.2 Å². The minimum atomic E-state index is -0.514. The minimum Gasteiger partial charge on any atom is -0.494 e. The van der Waals surface area contributed by atoms with Crippen LogP contribution in [0, 0.1) is 10.1 Å². The summed E-state index contributed by atoms with van der Waals surface area (Å²) >= 11 is 0. The van der Waals surface area contributed by atoms with Crippen LogP contribution >= 0.6 is 0 Å². The Morgan fingerprint density at radius 1 is 0.871 bits per heavy atom. The Labute approximate surface area is 178 Å². The van der Waals surface area contributed by atoms with Gasteiger partial charge in [0.2, 0.25) is 0 Å². The standard InChI is InChI=1S/C24H19NO6/c1-2-30-21-12-8-19(9-13-21)24(27)31-22-14-6-18(7-15-22)23(26)16-5-17-3-10-20(11-4-17)25(28)29/h3-16H,2H2,1H3/b16-5+. The molecular formula is C24H19NO6. The van der Waals surface area contributed by atoms with Gasteiger partial charge in [0.25, 0.3) is 5.69 Å². The second-order valence-electron chi connectivity index (χ2n) is 6.42. The smallest absolute Gasteiger partial charge is 0.343 e. The molecule has 0 unspecified atom stereocenters. The van der Waals surface area contributed by atoms with Gasteiger partial charge in [-0.15, -0.1) is 0 Å². The van der Waals surface area contributed by atoms with Gasteiger partial charge in [-0.1, -0.05) is 6.08 Å². The number of nitrogens with zero attached hydrogens (tertiary/aromatic N) is 1. The summed E-state index contributed by atoms with van der Waals surface area (Å²) in [6.45, 7) is 2.42. The van der Waals surface area contributed by atoms with Gasteiger partial charge >= 0.3 is 5.97 Å². The molecule has 0 saturated heterocycles. The highest BCUT2D eigenvalue weighted by molar-refractivity contribution is 6.06. The molecule has 3 aromatic carbocycles. The number of non-ortho nitro benzene ring substituents is 1. The van der Waals surface area contributed by atoms with E-state index in [9.17, 15) is 19.7 Å². The second-order valence-corrected chi connectivity index (χ2v) is 6.42. The third-order valence-electron chi connectivity index (χ3n) is 4.28. The molecule has 0 aliphatic heterocycles. The fourth-order valence-corrected chi connectivity index (χ4v) is 2.68. The van der Waals surface area contributed by atoms with E-state index in [4.69, 9.17) is 9.47 Å². The fourth-order valence-electron chi connectivity index (χ4n) is 2.68. The maximum atomic E-state index is 12.3. The van der Waals surface area contributed by atoms with E-state index in [1.807, 2.05) is 6.92 Å². The monoisotopic (exact) mass is 417 g/mol. The number of esters is 1. The van der Waals surface area contributed by atoms with Crippen LogP contribution in [0.4, 0.5) is 5.69 Å². The lowest BCUT2D eigenvalue weighted by Gasteiger charge is -2.06. The van der Waals surface area contributed by atoms with E-state index >= 15 is 0 Å². The number of hydrogen-bond donors (Lipinski definition) is 0. The number of nitro benzene ring substituents is 1. The average molecular weight is 417 g/mol. The molecule has 0 fully saturated rings. The zero-order valence-corrected chi connectivity index (χ0v) is 16.7. The van der Waals surface area contributed by atoms with Gasteiger partial charge in [-0.3, -0.25) is 14.9 Å². The first kappa shape index (κ1) is 21.4. The summed E-state index contributed by atoms with van der Waals surface area (Å²) in [5, 5.41) is 10.7. The molecule has 0 heterocycles. The minimum absolute atomic E-state index is 0.0150. The van der Waals surface area contributed by atoms with E-state index in [0.717, 1.165) is 0 Å². The molecule has 0 amide bonds. The van der Waals surface area contributed by atoms with E-state index in [1.54, 1.807) is 66.7 Å². The summed E-state index contributed by atoms with van der Waals surface area (Å²) in [7, 11) is 0. The van der Waals surface area contributed by atoms with Crippen molar-refractivity contribution in [3.8, 4) is 11.5 Å². The van der Waals surface area contributed by atoms with Crippen molar-refractivity contribution in [1.29, 1.82) is 0 Å². The van der Waals surface area contributed by atoms with Crippen LogP contribution in [0.2, 0.25) is 0 Å². The van der Waals surface area contributed by atoms with Gasteiger partial charge in [-0.2, -0.15) is 0 Å². The summed E-state index contributed by atoms with van der Waals surface area (Å²) in [6.07, 6.45) is 2.95. The zero-order valence-electron chi connectivity index (χ0n) is 16.7. The van der Waals surface area contributed by atoms with Crippen LogP contribution in [-0.2, 0) is 0 Å². The van der Waals surface area contributed by atoms with Crippen LogP contribution in [0.5, 0.6) is 11.5 Å². The topological polar surface area (TPSA) is 95.7 Å². The van der Waals surface area contributed by atoms with Crippen molar-refractivity contribution in [2.45, 2.75) is 6.92 Å². The van der Waals surface area contributed by atoms with Gasteiger partial charge in [0, 0.05) is 17.7 Å². The normalized spacial score (nSPS) is 10.6. The maximum absolute atomic E-state index is 12.3. The average Bonchev–Trinajstić information content (AvgIpc) is 2.79. The number of benzene rings is 3. The molecule has 0 atom stereocenters. The first-order valence-corrected chi connectivity index (χ1v) is 9.48. The second kappa shape index (κ2) is 9.98. The Hall–Kier alpha value is -4.26. The Kier molecular flexibility index (Phi) is 6.90. The molecule has 0 aromatic heterocycles. The molecule has 3 aromatic rings. The molecule has 0 aliphatic rings. The van der Waals surface area contributed by atoms with Crippen LogP contribution in [0.3, 0.4) is 0 Å². The SMILES string of the molecule is CCOc1ccc(C(=O)Oc2ccc(C(=O)/C=C/c3ccc([N+](=O)[O-])cc3)cc2)cc1. The largest absolute Gasteiger partial charge is 0.494 e. The molecule has 0 bridgehead atoms. The molecule has 156 valence electrons. The first-order chi connectivity index (χ1) is 15.0. The number of carbonyl (C=O) groups excluding carboxylic acids is 2. The lowest BCUT2D eigenvalue weighted by atomic mass is 10.1. The Morgan fingerprint density at radius 3 is 2.03 bits per heavy atom. The van der Waals surface area contributed by atoms with Crippen LogP contribution in [0.25, 0.3) is 6.08 Å². The molecule has 0 radical (unpaired) electrons. The Morgan fingerprint density at radius 2 is 1.45 bits per heavy atom. The van der Waals surface area contributed by atoms with Crippen LogP contribution in [0.15, 0.2) is 78.9 Å². The van der Waals surface area contributed by atoms with Crippen LogP contribution in [0.1, 0.15) is 33.2 Å². The van der Waals surface area contributed by atoms with Crippen molar-refractivity contribution in [3.05, 3.63) is 106 Å². The molecule has 0 aliphatic carbocycles. The zero-order chi connectivity index (χ0) is 22.2. The van der Waals surface area contributed by atoms with Gasteiger partial charge in [0.15, 0.2) is 5.78 Å². The number of nitro groups is 1. The van der Waals surface area contributed by atoms with Crippen molar-refractivity contribution >= 4 is 23.5 Å². The van der Waals surface area contributed by atoms with Crippen molar-refractivity contribution in [3.63, 3.8) is 0 Å². The van der Waals surface area contributed by atoms with Gasteiger partial charge in [0.1, 0.15) is 11.5 Å². The number of allylic oxidation sites excluding steroid dienone is 1. The van der Waals surface area contributed by atoms with Crippen LogP contribution < -0.4 is 9.47 Å². The van der Waals surface area contributed by atoms with E-state index in [-0.39, 0.29) is 11.5 Å². The highest BCUT2D eigenvalue weighted by Gasteiger charge is 2.10. The number of ketones is 1. The van der Waals surface area contributed by atoms with E-state index in [0.29, 0.717) is 34.8 Å². The summed E-state index contributed by atoms with van der Waals surface area (Å²) in [5.41, 5.74) is 1.45. The summed E-state index contributed by atoms with van der Waals surface area (Å²) in [4.78, 5) is 34.8. The lowest BCUT2D eigenvalue weighted by Crippen LogP contribution is -2.08. The summed E-state index contributed by atoms with van der Waals surface area (Å²) in [6, 6.07) is 18.7. The van der Waals surface area contributed by atoms with Gasteiger partial charge < -0.3 is 9.47 Å². The quantitative estimate of drug-likeness (QED) is 0.126. The van der Waals surface area contributed by atoms with Crippen molar-refractivity contribution in [1.82, 2.24) is 0 Å². The number of ether oxygens (including phenoxy) is 2. The van der Waals surface area contributed by atoms with Gasteiger partial charge in [0.05, 0.1) is 17.1 Å². The number of rotatable bonds is 8. The molecule has 0 N–H and O–H groups in total. The molecule has 7 nitrogen and oxygen atoms in total. The predicted octanol–water partition coefficient (Wildman–Crippen LogP) is 5.11. The van der Waals surface area contributed by atoms with E-state index < -0.39 is 10.9 Å². The number of hydrogen-bond acceptors (Lipinski definition) is 6.